The lowest BCUT2D eigenvalue weighted by molar-refractivity contribution is 0.312. The summed E-state index contributed by atoms with van der Waals surface area (Å²) in [5, 5.41) is 0.0950. The van der Waals surface area contributed by atoms with Gasteiger partial charge in [0, 0.05) is 77.4 Å². The normalized spacial score (nSPS) is 19.7. The van der Waals surface area contributed by atoms with Crippen molar-refractivity contribution < 1.29 is 8.42 Å². The van der Waals surface area contributed by atoms with Crippen LogP contribution in [0.3, 0.4) is 0 Å². The van der Waals surface area contributed by atoms with E-state index < -0.39 is 10.0 Å². The van der Waals surface area contributed by atoms with Crippen LogP contribution >= 0.6 is 0 Å². The Bertz CT molecular complexity index is 960. The van der Waals surface area contributed by atoms with E-state index in [9.17, 15) is 8.42 Å². The molecule has 10 nitrogen and oxygen atoms in total. The number of sulfonamides is 1. The number of hydrogen-bond donors (Lipinski definition) is 0. The molecule has 2 aliphatic rings. The predicted molar refractivity (Wildman–Crippen MR) is 111 cm³/mol. The van der Waals surface area contributed by atoms with Gasteiger partial charge in [-0.3, -0.25) is 0 Å². The summed E-state index contributed by atoms with van der Waals surface area (Å²) >= 11 is 0. The molecule has 0 spiro atoms. The van der Waals surface area contributed by atoms with Crippen molar-refractivity contribution in [2.24, 2.45) is 7.05 Å². The van der Waals surface area contributed by atoms with Crippen molar-refractivity contribution in [3.63, 3.8) is 0 Å². The van der Waals surface area contributed by atoms with Gasteiger partial charge in [-0.25, -0.2) is 18.4 Å². The predicted octanol–water partition coefficient (Wildman–Crippen LogP) is -0.219. The molecule has 2 aromatic rings. The lowest BCUT2D eigenvalue weighted by Crippen LogP contribution is -2.49. The summed E-state index contributed by atoms with van der Waals surface area (Å²) in [6, 6.07) is 2.02. The molecule has 2 saturated heterocycles. The smallest absolute Gasteiger partial charge is 0.262 e. The van der Waals surface area contributed by atoms with Crippen molar-refractivity contribution in [3.05, 3.63) is 24.3 Å². The molecule has 0 radical (unpaired) electrons. The highest BCUT2D eigenvalue weighted by atomic mass is 32.2. The minimum atomic E-state index is -3.56. The van der Waals surface area contributed by atoms with Gasteiger partial charge < -0.3 is 19.3 Å². The van der Waals surface area contributed by atoms with Crippen LogP contribution in [0.5, 0.6) is 0 Å². The van der Waals surface area contributed by atoms with E-state index in [-0.39, 0.29) is 5.03 Å². The molecule has 0 saturated carbocycles. The van der Waals surface area contributed by atoms with Crippen molar-refractivity contribution in [1.82, 2.24) is 28.7 Å². The molecule has 0 unspecified atom stereocenters. The SMILES string of the molecule is Cc1cc(N2CCN(C)CC2)nc(N2CCN(S(=O)(=O)c3cn(C)cn3)CC2)n1. The molecule has 0 N–H and O–H groups in total. The van der Waals surface area contributed by atoms with Gasteiger partial charge in [-0.05, 0) is 14.0 Å². The first-order chi connectivity index (χ1) is 13.8. The Morgan fingerprint density at radius 2 is 1.55 bits per heavy atom. The van der Waals surface area contributed by atoms with Crippen LogP contribution in [0.15, 0.2) is 23.6 Å². The van der Waals surface area contributed by atoms with Crippen LogP contribution in [-0.2, 0) is 17.1 Å². The standard InChI is InChI=1S/C18H28N8O2S/c1-15-12-16(24-6-4-22(2)5-7-24)21-18(20-15)25-8-10-26(11-9-25)29(27,28)17-13-23(3)14-19-17/h12-14H,4-11H2,1-3H3. The van der Waals surface area contributed by atoms with Gasteiger partial charge in [0.2, 0.25) is 5.95 Å². The first kappa shape index (κ1) is 20.0. The zero-order valence-corrected chi connectivity index (χ0v) is 18.0. The maximum Gasteiger partial charge on any atom is 0.262 e. The van der Waals surface area contributed by atoms with Crippen molar-refractivity contribution in [3.8, 4) is 0 Å². The molecule has 0 bridgehead atoms. The fraction of sp³-hybridized carbons (Fsp3) is 0.611. The molecule has 11 heteroatoms. The zero-order chi connectivity index (χ0) is 20.6. The number of anilines is 2. The summed E-state index contributed by atoms with van der Waals surface area (Å²) in [4.78, 5) is 20.1. The fourth-order valence-corrected chi connectivity index (χ4v) is 5.05. The Balaban J connectivity index is 1.46. The molecule has 158 valence electrons. The zero-order valence-electron chi connectivity index (χ0n) is 17.2. The van der Waals surface area contributed by atoms with E-state index in [0.29, 0.717) is 32.1 Å². The van der Waals surface area contributed by atoms with Gasteiger partial charge in [0.25, 0.3) is 10.0 Å². The first-order valence-corrected chi connectivity index (χ1v) is 11.3. The van der Waals surface area contributed by atoms with Crippen molar-refractivity contribution in [2.75, 3.05) is 69.2 Å². The van der Waals surface area contributed by atoms with Crippen LogP contribution in [0.4, 0.5) is 11.8 Å². The topological polar surface area (TPSA) is 90.7 Å². The number of hydrogen-bond acceptors (Lipinski definition) is 8. The highest BCUT2D eigenvalue weighted by molar-refractivity contribution is 7.89. The molecule has 29 heavy (non-hydrogen) atoms. The largest absolute Gasteiger partial charge is 0.354 e. The first-order valence-electron chi connectivity index (χ1n) is 9.85. The molecule has 4 heterocycles. The summed E-state index contributed by atoms with van der Waals surface area (Å²) in [5.41, 5.74) is 0.924. The minimum absolute atomic E-state index is 0.0950. The molecule has 2 fully saturated rings. The highest BCUT2D eigenvalue weighted by Gasteiger charge is 2.31. The van der Waals surface area contributed by atoms with Gasteiger partial charge in [0.1, 0.15) is 5.82 Å². The van der Waals surface area contributed by atoms with Gasteiger partial charge in [0.05, 0.1) is 6.33 Å². The third-order valence-corrected chi connectivity index (χ3v) is 7.25. The van der Waals surface area contributed by atoms with E-state index in [0.717, 1.165) is 37.7 Å². The second-order valence-electron chi connectivity index (χ2n) is 7.73. The maximum atomic E-state index is 12.8. The Labute approximate surface area is 171 Å². The average molecular weight is 421 g/mol. The lowest BCUT2D eigenvalue weighted by atomic mass is 10.3. The summed E-state index contributed by atoms with van der Waals surface area (Å²) in [6.45, 7) is 7.79. The molecule has 2 aliphatic heterocycles. The third-order valence-electron chi connectivity index (χ3n) is 5.46. The Morgan fingerprint density at radius 3 is 2.17 bits per heavy atom. The highest BCUT2D eigenvalue weighted by Crippen LogP contribution is 2.21. The number of nitrogens with zero attached hydrogens (tertiary/aromatic N) is 8. The third kappa shape index (κ3) is 4.21. The number of piperazine rings is 2. The van der Waals surface area contributed by atoms with Crippen LogP contribution < -0.4 is 9.80 Å². The molecule has 4 rings (SSSR count). The van der Waals surface area contributed by atoms with Crippen LogP contribution in [0.1, 0.15) is 5.69 Å². The van der Waals surface area contributed by atoms with Crippen LogP contribution in [-0.4, -0.2) is 96.5 Å². The monoisotopic (exact) mass is 420 g/mol. The van der Waals surface area contributed by atoms with Gasteiger partial charge in [-0.2, -0.15) is 9.29 Å². The van der Waals surface area contributed by atoms with E-state index >= 15 is 0 Å². The van der Waals surface area contributed by atoms with Gasteiger partial charge >= 0.3 is 0 Å². The summed E-state index contributed by atoms with van der Waals surface area (Å²) in [7, 11) is 0.328. The second-order valence-corrected chi connectivity index (χ2v) is 9.61. The van der Waals surface area contributed by atoms with E-state index in [2.05, 4.69) is 31.7 Å². The lowest BCUT2D eigenvalue weighted by Gasteiger charge is -2.35. The Morgan fingerprint density at radius 1 is 0.897 bits per heavy atom. The molecule has 0 aliphatic carbocycles. The number of aromatic nitrogens is 4. The summed E-state index contributed by atoms with van der Waals surface area (Å²) in [5.74, 6) is 1.62. The van der Waals surface area contributed by atoms with E-state index in [1.807, 2.05) is 13.0 Å². The van der Waals surface area contributed by atoms with Crippen molar-refractivity contribution in [1.29, 1.82) is 0 Å². The van der Waals surface area contributed by atoms with Crippen molar-refractivity contribution >= 4 is 21.8 Å². The van der Waals surface area contributed by atoms with Gasteiger partial charge in [-0.15, -0.1) is 0 Å². The van der Waals surface area contributed by atoms with Gasteiger partial charge in [0.15, 0.2) is 5.03 Å². The molecule has 2 aromatic heterocycles. The van der Waals surface area contributed by atoms with Gasteiger partial charge in [-0.1, -0.05) is 0 Å². The van der Waals surface area contributed by atoms with E-state index in [1.54, 1.807) is 11.6 Å². The number of rotatable bonds is 4. The maximum absolute atomic E-state index is 12.8. The Kier molecular flexibility index (Phi) is 5.45. The average Bonchev–Trinajstić information content (AvgIpc) is 3.15. The molecular formula is C18H28N8O2S. The van der Waals surface area contributed by atoms with Crippen LogP contribution in [0.25, 0.3) is 0 Å². The van der Waals surface area contributed by atoms with E-state index in [1.165, 1.54) is 16.8 Å². The quantitative estimate of drug-likeness (QED) is 0.671. The molecular weight excluding hydrogens is 392 g/mol. The van der Waals surface area contributed by atoms with Crippen LogP contribution in [0, 0.1) is 6.92 Å². The Hall–Kier alpha value is -2.24. The van der Waals surface area contributed by atoms with E-state index in [4.69, 9.17) is 4.98 Å². The fourth-order valence-electron chi connectivity index (χ4n) is 3.66. The molecule has 0 atom stereocenters. The van der Waals surface area contributed by atoms with Crippen LogP contribution in [0.2, 0.25) is 0 Å². The second kappa shape index (κ2) is 7.88. The summed E-state index contributed by atoms with van der Waals surface area (Å²) in [6.07, 6.45) is 3.04. The van der Waals surface area contributed by atoms with Crippen molar-refractivity contribution in [2.45, 2.75) is 11.9 Å². The summed E-state index contributed by atoms with van der Waals surface area (Å²) < 4.78 is 28.7. The molecule has 0 amide bonds. The number of imidazole rings is 1. The number of aryl methyl sites for hydroxylation is 2. The number of likely N-dealkylation sites (N-methyl/N-ethyl adjacent to an activating group) is 1. The minimum Gasteiger partial charge on any atom is -0.354 e. The molecule has 0 aromatic carbocycles.